The van der Waals surface area contributed by atoms with Crippen LogP contribution in [0, 0.1) is 5.92 Å². The van der Waals surface area contributed by atoms with Crippen LogP contribution in [0.25, 0.3) is 0 Å². The molecule has 9 heteroatoms. The molecule has 1 unspecified atom stereocenters. The van der Waals surface area contributed by atoms with Crippen LogP contribution in [-0.4, -0.2) is 67.5 Å². The van der Waals surface area contributed by atoms with E-state index in [0.29, 0.717) is 6.61 Å². The van der Waals surface area contributed by atoms with Crippen LogP contribution < -0.4 is 4.90 Å². The summed E-state index contributed by atoms with van der Waals surface area (Å²) < 4.78 is 37.1. The largest absolute Gasteiger partial charge is 0.490 e. The monoisotopic (exact) mass is 388 g/mol. The number of hydrogen-bond donors (Lipinski definition) is 1. The number of para-hydroxylation sites is 1. The highest BCUT2D eigenvalue weighted by molar-refractivity contribution is 5.79. The van der Waals surface area contributed by atoms with Gasteiger partial charge < -0.3 is 19.6 Å². The molecule has 1 N–H and O–H groups in total. The maximum absolute atomic E-state index is 12.4. The van der Waals surface area contributed by atoms with E-state index in [1.54, 1.807) is 0 Å². The maximum atomic E-state index is 12.4. The Morgan fingerprint density at radius 1 is 1.07 bits per heavy atom. The molecule has 2 aliphatic rings. The third-order valence-electron chi connectivity index (χ3n) is 4.45. The number of amides is 1. The lowest BCUT2D eigenvalue weighted by atomic mass is 10.1. The number of carboxylic acids is 1. The molecular formula is C18H23F3N2O4. The van der Waals surface area contributed by atoms with Gasteiger partial charge in [0.2, 0.25) is 5.91 Å². The van der Waals surface area contributed by atoms with Crippen LogP contribution in [-0.2, 0) is 14.3 Å². The molecule has 2 saturated heterocycles. The molecule has 3 rings (SSSR count). The number of halogens is 3. The van der Waals surface area contributed by atoms with E-state index in [0.717, 1.165) is 45.6 Å². The molecule has 27 heavy (non-hydrogen) atoms. The van der Waals surface area contributed by atoms with E-state index in [9.17, 15) is 18.0 Å². The van der Waals surface area contributed by atoms with Gasteiger partial charge in [-0.25, -0.2) is 4.79 Å². The first-order valence-corrected chi connectivity index (χ1v) is 8.75. The molecule has 0 bridgehead atoms. The summed E-state index contributed by atoms with van der Waals surface area (Å²) >= 11 is 0. The molecule has 0 aromatic heterocycles. The second-order valence-electron chi connectivity index (χ2n) is 6.36. The molecule has 150 valence electrons. The topological polar surface area (TPSA) is 70.1 Å². The van der Waals surface area contributed by atoms with Crippen molar-refractivity contribution in [1.82, 2.24) is 4.90 Å². The van der Waals surface area contributed by atoms with E-state index >= 15 is 0 Å². The standard InChI is InChI=1S/C16H22N2O2.C2HF3O2/c19-16(14-7-12-20-13-14)18-9-4-8-17(10-11-18)15-5-2-1-3-6-15;3-2(4,5)1(6)7/h1-3,5-6,14H,4,7-13H2;(H,6,7). The first-order valence-electron chi connectivity index (χ1n) is 8.75. The molecule has 2 heterocycles. The van der Waals surface area contributed by atoms with Crippen molar-refractivity contribution in [3.8, 4) is 0 Å². The molecule has 0 aliphatic carbocycles. The summed E-state index contributed by atoms with van der Waals surface area (Å²) in [4.78, 5) is 25.7. The molecular weight excluding hydrogens is 365 g/mol. The molecule has 0 spiro atoms. The van der Waals surface area contributed by atoms with Crippen molar-refractivity contribution in [2.24, 2.45) is 5.92 Å². The lowest BCUT2D eigenvalue weighted by Crippen LogP contribution is -2.39. The zero-order valence-corrected chi connectivity index (χ0v) is 14.8. The average Bonchev–Trinajstić information content (AvgIpc) is 3.06. The molecule has 1 aromatic carbocycles. The van der Waals surface area contributed by atoms with Gasteiger partial charge in [0.05, 0.1) is 12.5 Å². The van der Waals surface area contributed by atoms with E-state index < -0.39 is 12.1 Å². The Labute approximate surface area is 155 Å². The first-order chi connectivity index (χ1) is 12.8. The lowest BCUT2D eigenvalue weighted by Gasteiger charge is -2.25. The van der Waals surface area contributed by atoms with Crippen molar-refractivity contribution in [3.63, 3.8) is 0 Å². The van der Waals surface area contributed by atoms with Gasteiger partial charge in [-0.15, -0.1) is 0 Å². The summed E-state index contributed by atoms with van der Waals surface area (Å²) in [6.07, 6.45) is -3.16. The Kier molecular flexibility index (Phi) is 7.46. The Morgan fingerprint density at radius 3 is 2.30 bits per heavy atom. The summed E-state index contributed by atoms with van der Waals surface area (Å²) in [7, 11) is 0. The molecule has 2 aliphatic heterocycles. The van der Waals surface area contributed by atoms with Crippen molar-refractivity contribution in [3.05, 3.63) is 30.3 Å². The summed E-state index contributed by atoms with van der Waals surface area (Å²) in [5.74, 6) is -2.37. The maximum Gasteiger partial charge on any atom is 0.490 e. The number of rotatable bonds is 2. The minimum Gasteiger partial charge on any atom is -0.475 e. The number of nitrogens with zero attached hydrogens (tertiary/aromatic N) is 2. The number of carboxylic acid groups (broad SMARTS) is 1. The Morgan fingerprint density at radius 2 is 1.74 bits per heavy atom. The normalized spacial score (nSPS) is 20.5. The molecule has 1 amide bonds. The fraction of sp³-hybridized carbons (Fsp3) is 0.556. The number of hydrogen-bond acceptors (Lipinski definition) is 4. The highest BCUT2D eigenvalue weighted by Crippen LogP contribution is 2.19. The Bertz CT molecular complexity index is 619. The SMILES string of the molecule is O=C(C1CCOC1)N1CCCN(c2ccccc2)CC1.O=C(O)C(F)(F)F. The highest BCUT2D eigenvalue weighted by atomic mass is 19.4. The quantitative estimate of drug-likeness (QED) is 0.843. The molecule has 1 aromatic rings. The summed E-state index contributed by atoms with van der Waals surface area (Å²) in [6, 6.07) is 10.5. The van der Waals surface area contributed by atoms with Crippen molar-refractivity contribution >= 4 is 17.6 Å². The van der Waals surface area contributed by atoms with Gasteiger partial charge in [-0.3, -0.25) is 4.79 Å². The van der Waals surface area contributed by atoms with Gasteiger partial charge in [-0.05, 0) is 25.0 Å². The minimum atomic E-state index is -5.08. The second-order valence-corrected chi connectivity index (χ2v) is 6.36. The first kappa shape index (κ1) is 21.0. The van der Waals surface area contributed by atoms with Crippen molar-refractivity contribution in [2.45, 2.75) is 19.0 Å². The molecule has 0 radical (unpaired) electrons. The van der Waals surface area contributed by atoms with Crippen LogP contribution in [0.1, 0.15) is 12.8 Å². The van der Waals surface area contributed by atoms with Crippen molar-refractivity contribution in [2.75, 3.05) is 44.3 Å². The van der Waals surface area contributed by atoms with E-state index in [2.05, 4.69) is 29.2 Å². The highest BCUT2D eigenvalue weighted by Gasteiger charge is 2.38. The van der Waals surface area contributed by atoms with Crippen LogP contribution in [0.15, 0.2) is 30.3 Å². The van der Waals surface area contributed by atoms with Crippen LogP contribution >= 0.6 is 0 Å². The summed E-state index contributed by atoms with van der Waals surface area (Å²) in [5.41, 5.74) is 1.26. The van der Waals surface area contributed by atoms with Crippen LogP contribution in [0.3, 0.4) is 0 Å². The Balaban J connectivity index is 0.000000321. The number of carbonyl (C=O) groups is 2. The van der Waals surface area contributed by atoms with Gasteiger partial charge in [0, 0.05) is 38.5 Å². The third-order valence-corrected chi connectivity index (χ3v) is 4.45. The van der Waals surface area contributed by atoms with Crippen LogP contribution in [0.5, 0.6) is 0 Å². The molecule has 1 atom stereocenters. The number of carbonyl (C=O) groups excluding carboxylic acids is 1. The molecule has 0 saturated carbocycles. The third kappa shape index (κ3) is 6.42. The van der Waals surface area contributed by atoms with E-state index in [4.69, 9.17) is 14.6 Å². The molecule has 2 fully saturated rings. The fourth-order valence-corrected chi connectivity index (χ4v) is 3.02. The second kappa shape index (κ2) is 9.59. The number of ether oxygens (including phenoxy) is 1. The van der Waals surface area contributed by atoms with Crippen molar-refractivity contribution in [1.29, 1.82) is 0 Å². The van der Waals surface area contributed by atoms with Gasteiger partial charge in [0.15, 0.2) is 0 Å². The number of benzene rings is 1. The predicted octanol–water partition coefficient (Wildman–Crippen LogP) is 2.40. The zero-order chi connectivity index (χ0) is 19.9. The van der Waals surface area contributed by atoms with Crippen LogP contribution in [0.4, 0.5) is 18.9 Å². The number of alkyl halides is 3. The van der Waals surface area contributed by atoms with E-state index in [1.807, 2.05) is 11.0 Å². The van der Waals surface area contributed by atoms with E-state index in [1.165, 1.54) is 5.69 Å². The average molecular weight is 388 g/mol. The van der Waals surface area contributed by atoms with Gasteiger partial charge in [-0.1, -0.05) is 18.2 Å². The van der Waals surface area contributed by atoms with Gasteiger partial charge in [0.25, 0.3) is 0 Å². The van der Waals surface area contributed by atoms with E-state index in [-0.39, 0.29) is 11.8 Å². The number of anilines is 1. The summed E-state index contributed by atoms with van der Waals surface area (Å²) in [5, 5.41) is 7.12. The Hall–Kier alpha value is -2.29. The van der Waals surface area contributed by atoms with Crippen molar-refractivity contribution < 1.29 is 32.6 Å². The number of aliphatic carboxylic acids is 1. The zero-order valence-electron chi connectivity index (χ0n) is 14.8. The van der Waals surface area contributed by atoms with Gasteiger partial charge in [-0.2, -0.15) is 13.2 Å². The predicted molar refractivity (Wildman–Crippen MR) is 92.5 cm³/mol. The molecule has 6 nitrogen and oxygen atoms in total. The minimum absolute atomic E-state index is 0.0956. The fourth-order valence-electron chi connectivity index (χ4n) is 3.02. The van der Waals surface area contributed by atoms with Gasteiger partial charge >= 0.3 is 12.1 Å². The van der Waals surface area contributed by atoms with Gasteiger partial charge in [0.1, 0.15) is 0 Å². The summed E-state index contributed by atoms with van der Waals surface area (Å²) in [6.45, 7) is 4.99. The lowest BCUT2D eigenvalue weighted by molar-refractivity contribution is -0.192. The smallest absolute Gasteiger partial charge is 0.475 e. The van der Waals surface area contributed by atoms with Crippen LogP contribution in [0.2, 0.25) is 0 Å².